The van der Waals surface area contributed by atoms with Crippen LogP contribution >= 0.6 is 0 Å². The molecule has 1 amide bonds. The minimum Gasteiger partial charge on any atom is -0.393 e. The number of benzene rings is 2. The number of fused-ring (bicyclic) bond motifs is 1. The summed E-state index contributed by atoms with van der Waals surface area (Å²) in [5.74, 6) is -0.164. The topological polar surface area (TPSA) is 49.3 Å². The Labute approximate surface area is 116 Å². The van der Waals surface area contributed by atoms with E-state index >= 15 is 0 Å². The molecule has 0 bridgehead atoms. The Kier molecular flexibility index (Phi) is 3.40. The molecule has 0 heterocycles. The predicted octanol–water partition coefficient (Wildman–Crippen LogP) is 2.48. The zero-order chi connectivity index (χ0) is 14.1. The molecule has 0 aliphatic heterocycles. The molecule has 3 rings (SSSR count). The summed E-state index contributed by atoms with van der Waals surface area (Å²) in [5.41, 5.74) is 0.488. The maximum atomic E-state index is 13.7. The van der Waals surface area contributed by atoms with Crippen molar-refractivity contribution in [1.29, 1.82) is 0 Å². The van der Waals surface area contributed by atoms with Gasteiger partial charge in [0.1, 0.15) is 5.82 Å². The average Bonchev–Trinajstić information content (AvgIpc) is 2.43. The standard InChI is InChI=1S/C16H16FNO2/c17-15-6-5-14(12-3-1-2-4-13(12)15)16(20)18-9-10-7-11(19)8-10/h1-6,10-11,19H,7-9H2,(H,18,20). The van der Waals surface area contributed by atoms with Gasteiger partial charge in [0.25, 0.3) is 5.91 Å². The molecular weight excluding hydrogens is 257 g/mol. The number of hydrogen-bond acceptors (Lipinski definition) is 2. The molecule has 2 aromatic carbocycles. The van der Waals surface area contributed by atoms with E-state index in [1.807, 2.05) is 0 Å². The van der Waals surface area contributed by atoms with E-state index in [2.05, 4.69) is 5.32 Å². The largest absolute Gasteiger partial charge is 0.393 e. The van der Waals surface area contributed by atoms with Crippen LogP contribution in [-0.2, 0) is 0 Å². The lowest BCUT2D eigenvalue weighted by molar-refractivity contribution is 0.0420. The average molecular weight is 273 g/mol. The molecule has 1 saturated carbocycles. The zero-order valence-corrected chi connectivity index (χ0v) is 11.0. The van der Waals surface area contributed by atoms with E-state index in [0.717, 1.165) is 12.8 Å². The highest BCUT2D eigenvalue weighted by Gasteiger charge is 2.27. The summed E-state index contributed by atoms with van der Waals surface area (Å²) in [6.07, 6.45) is 1.26. The maximum Gasteiger partial charge on any atom is 0.251 e. The van der Waals surface area contributed by atoms with Crippen molar-refractivity contribution >= 4 is 16.7 Å². The Morgan fingerprint density at radius 3 is 2.60 bits per heavy atom. The maximum absolute atomic E-state index is 13.7. The van der Waals surface area contributed by atoms with Crippen LogP contribution in [0.2, 0.25) is 0 Å². The van der Waals surface area contributed by atoms with Gasteiger partial charge < -0.3 is 10.4 Å². The fourth-order valence-corrected chi connectivity index (χ4v) is 2.66. The summed E-state index contributed by atoms with van der Waals surface area (Å²) in [6.45, 7) is 0.557. The highest BCUT2D eigenvalue weighted by Crippen LogP contribution is 2.26. The molecule has 2 aromatic rings. The van der Waals surface area contributed by atoms with Crippen molar-refractivity contribution in [3.63, 3.8) is 0 Å². The van der Waals surface area contributed by atoms with Gasteiger partial charge in [0.15, 0.2) is 0 Å². The van der Waals surface area contributed by atoms with Crippen LogP contribution in [0.15, 0.2) is 36.4 Å². The van der Waals surface area contributed by atoms with Crippen molar-refractivity contribution in [3.8, 4) is 0 Å². The Balaban J connectivity index is 1.79. The second kappa shape index (κ2) is 5.21. The predicted molar refractivity (Wildman–Crippen MR) is 75.0 cm³/mol. The molecule has 3 nitrogen and oxygen atoms in total. The van der Waals surface area contributed by atoms with Gasteiger partial charge in [-0.2, -0.15) is 0 Å². The SMILES string of the molecule is O=C(NCC1CC(O)C1)c1ccc(F)c2ccccc12. The summed E-state index contributed by atoms with van der Waals surface area (Å²) < 4.78 is 13.7. The Bertz CT molecular complexity index is 650. The summed E-state index contributed by atoms with van der Waals surface area (Å²) >= 11 is 0. The number of aliphatic hydroxyl groups excluding tert-OH is 1. The van der Waals surface area contributed by atoms with Gasteiger partial charge in [-0.1, -0.05) is 24.3 Å². The lowest BCUT2D eigenvalue weighted by Crippen LogP contribution is -2.38. The van der Waals surface area contributed by atoms with Crippen molar-refractivity contribution in [2.75, 3.05) is 6.54 Å². The monoisotopic (exact) mass is 273 g/mol. The lowest BCUT2D eigenvalue weighted by Gasteiger charge is -2.31. The van der Waals surface area contributed by atoms with Crippen LogP contribution in [-0.4, -0.2) is 23.7 Å². The lowest BCUT2D eigenvalue weighted by atomic mass is 9.82. The molecule has 1 aliphatic carbocycles. The van der Waals surface area contributed by atoms with Gasteiger partial charge in [0.05, 0.1) is 6.10 Å². The van der Waals surface area contributed by atoms with E-state index < -0.39 is 0 Å². The molecule has 0 unspecified atom stereocenters. The Hall–Kier alpha value is -1.94. The smallest absolute Gasteiger partial charge is 0.251 e. The Morgan fingerprint density at radius 1 is 1.20 bits per heavy atom. The van der Waals surface area contributed by atoms with Gasteiger partial charge in [0.2, 0.25) is 0 Å². The number of rotatable bonds is 3. The molecule has 20 heavy (non-hydrogen) atoms. The third kappa shape index (κ3) is 2.39. The first-order valence-electron chi connectivity index (χ1n) is 6.78. The van der Waals surface area contributed by atoms with Gasteiger partial charge in [-0.15, -0.1) is 0 Å². The number of carbonyl (C=O) groups excluding carboxylic acids is 1. The van der Waals surface area contributed by atoms with Crippen LogP contribution < -0.4 is 5.32 Å². The second-order valence-corrected chi connectivity index (χ2v) is 5.34. The first-order valence-corrected chi connectivity index (χ1v) is 6.78. The number of hydrogen-bond donors (Lipinski definition) is 2. The first-order chi connectivity index (χ1) is 9.65. The zero-order valence-electron chi connectivity index (χ0n) is 11.0. The first kappa shape index (κ1) is 13.1. The van der Waals surface area contributed by atoms with Crippen LogP contribution in [0, 0.1) is 11.7 Å². The van der Waals surface area contributed by atoms with E-state index in [1.54, 1.807) is 24.3 Å². The molecule has 2 N–H and O–H groups in total. The van der Waals surface area contributed by atoms with E-state index in [4.69, 9.17) is 0 Å². The molecule has 0 spiro atoms. The van der Waals surface area contributed by atoms with E-state index in [-0.39, 0.29) is 17.8 Å². The van der Waals surface area contributed by atoms with Gasteiger partial charge in [-0.25, -0.2) is 4.39 Å². The van der Waals surface area contributed by atoms with Crippen molar-refractivity contribution in [2.45, 2.75) is 18.9 Å². The molecule has 0 atom stereocenters. The highest BCUT2D eigenvalue weighted by atomic mass is 19.1. The van der Waals surface area contributed by atoms with Crippen molar-refractivity contribution in [1.82, 2.24) is 5.32 Å². The molecule has 1 aliphatic rings. The molecule has 0 aromatic heterocycles. The molecule has 0 saturated heterocycles. The quantitative estimate of drug-likeness (QED) is 0.902. The number of amides is 1. The van der Waals surface area contributed by atoms with Crippen LogP contribution in [0.3, 0.4) is 0 Å². The third-order valence-electron chi connectivity index (χ3n) is 3.88. The number of halogens is 1. The van der Waals surface area contributed by atoms with Crippen LogP contribution in [0.5, 0.6) is 0 Å². The van der Waals surface area contributed by atoms with Gasteiger partial charge >= 0.3 is 0 Å². The number of carbonyl (C=O) groups is 1. The molecule has 0 radical (unpaired) electrons. The second-order valence-electron chi connectivity index (χ2n) is 5.34. The van der Waals surface area contributed by atoms with Crippen LogP contribution in [0.1, 0.15) is 23.2 Å². The minimum absolute atomic E-state index is 0.192. The molecular formula is C16H16FNO2. The fourth-order valence-electron chi connectivity index (χ4n) is 2.66. The van der Waals surface area contributed by atoms with E-state index in [9.17, 15) is 14.3 Å². The summed E-state index contributed by atoms with van der Waals surface area (Å²) in [7, 11) is 0. The molecule has 1 fully saturated rings. The summed E-state index contributed by atoms with van der Waals surface area (Å²) in [4.78, 5) is 12.2. The normalized spacial score (nSPS) is 21.5. The van der Waals surface area contributed by atoms with E-state index in [0.29, 0.717) is 28.8 Å². The van der Waals surface area contributed by atoms with Crippen LogP contribution in [0.25, 0.3) is 10.8 Å². The third-order valence-corrected chi connectivity index (χ3v) is 3.88. The summed E-state index contributed by atoms with van der Waals surface area (Å²) in [5, 5.41) is 13.2. The highest BCUT2D eigenvalue weighted by molar-refractivity contribution is 6.07. The van der Waals surface area contributed by atoms with Crippen molar-refractivity contribution in [3.05, 3.63) is 47.8 Å². The van der Waals surface area contributed by atoms with Crippen LogP contribution in [0.4, 0.5) is 4.39 Å². The van der Waals surface area contributed by atoms with Gasteiger partial charge in [0, 0.05) is 17.5 Å². The van der Waals surface area contributed by atoms with Gasteiger partial charge in [-0.05, 0) is 36.3 Å². The van der Waals surface area contributed by atoms with Gasteiger partial charge in [-0.3, -0.25) is 4.79 Å². The van der Waals surface area contributed by atoms with Crippen molar-refractivity contribution < 1.29 is 14.3 Å². The molecule has 4 heteroatoms. The Morgan fingerprint density at radius 2 is 1.90 bits per heavy atom. The number of nitrogens with one attached hydrogen (secondary N) is 1. The number of aliphatic hydroxyl groups is 1. The molecule has 104 valence electrons. The van der Waals surface area contributed by atoms with Crippen molar-refractivity contribution in [2.24, 2.45) is 5.92 Å². The fraction of sp³-hybridized carbons (Fsp3) is 0.312. The van der Waals surface area contributed by atoms with E-state index in [1.165, 1.54) is 12.1 Å². The summed E-state index contributed by atoms with van der Waals surface area (Å²) in [6, 6.07) is 9.81. The minimum atomic E-state index is -0.320.